The molecule has 1 aromatic carbocycles. The fourth-order valence-corrected chi connectivity index (χ4v) is 6.01. The summed E-state index contributed by atoms with van der Waals surface area (Å²) in [5, 5.41) is 2.87. The first kappa shape index (κ1) is 22.1. The topological polar surface area (TPSA) is 61.9 Å². The molecule has 1 aromatic rings. The fourth-order valence-electron chi connectivity index (χ4n) is 6.01. The van der Waals surface area contributed by atoms with Gasteiger partial charge in [0, 0.05) is 43.7 Å². The molecule has 0 radical (unpaired) electrons. The van der Waals surface area contributed by atoms with E-state index in [1.807, 2.05) is 4.90 Å². The molecule has 1 aliphatic carbocycles. The van der Waals surface area contributed by atoms with Crippen molar-refractivity contribution in [2.24, 2.45) is 5.41 Å². The van der Waals surface area contributed by atoms with Crippen LogP contribution in [0.2, 0.25) is 0 Å². The van der Waals surface area contributed by atoms with E-state index in [1.54, 1.807) is 6.92 Å². The van der Waals surface area contributed by atoms with Gasteiger partial charge in [-0.15, -0.1) is 0 Å². The Bertz CT molecular complexity index is 740. The van der Waals surface area contributed by atoms with Crippen molar-refractivity contribution in [1.82, 2.24) is 15.1 Å². The SMILES string of the molecule is CCOC(=O)CCNC(=O)N1CCC(N2CC3(CCCCC3)C2c2ccccc2)CC1. The summed E-state index contributed by atoms with van der Waals surface area (Å²) in [6.07, 6.45) is 9.08. The zero-order chi connectivity index (χ0) is 21.7. The van der Waals surface area contributed by atoms with Crippen LogP contribution in [0.25, 0.3) is 0 Å². The van der Waals surface area contributed by atoms with Gasteiger partial charge in [0.2, 0.25) is 0 Å². The van der Waals surface area contributed by atoms with Gasteiger partial charge < -0.3 is 15.0 Å². The Labute approximate surface area is 186 Å². The molecule has 2 saturated heterocycles. The van der Waals surface area contributed by atoms with Crippen LogP contribution in [-0.4, -0.2) is 60.6 Å². The number of rotatable bonds is 6. The Balaban J connectivity index is 1.31. The number of esters is 1. The summed E-state index contributed by atoms with van der Waals surface area (Å²) >= 11 is 0. The lowest BCUT2D eigenvalue weighted by Crippen LogP contribution is -2.64. The second-order valence-electron chi connectivity index (χ2n) is 9.41. The number of benzene rings is 1. The van der Waals surface area contributed by atoms with E-state index < -0.39 is 0 Å². The molecule has 1 N–H and O–H groups in total. The van der Waals surface area contributed by atoms with Crippen molar-refractivity contribution in [3.63, 3.8) is 0 Å². The molecule has 3 fully saturated rings. The van der Waals surface area contributed by atoms with Crippen LogP contribution in [0.1, 0.15) is 69.9 Å². The average Bonchev–Trinajstić information content (AvgIpc) is 2.79. The van der Waals surface area contributed by atoms with Crippen molar-refractivity contribution in [3.05, 3.63) is 35.9 Å². The van der Waals surface area contributed by atoms with E-state index in [0.29, 0.717) is 30.7 Å². The number of ether oxygens (including phenoxy) is 1. The van der Waals surface area contributed by atoms with Gasteiger partial charge in [0.15, 0.2) is 0 Å². The maximum Gasteiger partial charge on any atom is 0.317 e. The maximum atomic E-state index is 12.5. The van der Waals surface area contributed by atoms with Crippen LogP contribution in [-0.2, 0) is 9.53 Å². The minimum atomic E-state index is -0.261. The number of carbonyl (C=O) groups is 2. The molecule has 31 heavy (non-hydrogen) atoms. The number of hydrogen-bond donors (Lipinski definition) is 1. The third-order valence-electron chi connectivity index (χ3n) is 7.51. The normalized spacial score (nSPS) is 23.9. The summed E-state index contributed by atoms with van der Waals surface area (Å²) < 4.78 is 4.91. The summed E-state index contributed by atoms with van der Waals surface area (Å²) in [7, 11) is 0. The van der Waals surface area contributed by atoms with E-state index in [0.717, 1.165) is 25.9 Å². The number of amides is 2. The van der Waals surface area contributed by atoms with Crippen molar-refractivity contribution in [3.8, 4) is 0 Å². The zero-order valence-corrected chi connectivity index (χ0v) is 18.9. The Morgan fingerprint density at radius 2 is 1.81 bits per heavy atom. The number of nitrogens with one attached hydrogen (secondary N) is 1. The molecule has 1 saturated carbocycles. The predicted molar refractivity (Wildman–Crippen MR) is 121 cm³/mol. The standard InChI is InChI=1S/C25H37N3O3/c1-2-31-22(29)11-16-26-24(30)27-17-12-21(13-18-27)28-19-25(14-7-4-8-15-25)23(28)20-9-5-3-6-10-20/h3,5-6,9-10,21,23H,2,4,7-8,11-19H2,1H3,(H,26,30). The number of likely N-dealkylation sites (tertiary alicyclic amines) is 2. The van der Waals surface area contributed by atoms with Crippen LogP contribution in [0.5, 0.6) is 0 Å². The first-order chi connectivity index (χ1) is 15.1. The number of carbonyl (C=O) groups excluding carboxylic acids is 2. The van der Waals surface area contributed by atoms with Crippen LogP contribution in [0, 0.1) is 5.41 Å². The Morgan fingerprint density at radius 3 is 2.48 bits per heavy atom. The Hall–Kier alpha value is -2.08. The average molecular weight is 428 g/mol. The van der Waals surface area contributed by atoms with E-state index in [-0.39, 0.29) is 18.4 Å². The van der Waals surface area contributed by atoms with Crippen LogP contribution in [0.15, 0.2) is 30.3 Å². The molecule has 0 bridgehead atoms. The number of urea groups is 1. The maximum absolute atomic E-state index is 12.5. The van der Waals surface area contributed by atoms with Gasteiger partial charge in [-0.3, -0.25) is 9.69 Å². The lowest BCUT2D eigenvalue weighted by molar-refractivity contribution is -0.142. The molecule has 4 rings (SSSR count). The minimum Gasteiger partial charge on any atom is -0.466 e. The predicted octanol–water partition coefficient (Wildman–Crippen LogP) is 4.12. The summed E-state index contributed by atoms with van der Waals surface area (Å²) in [5.41, 5.74) is 1.93. The summed E-state index contributed by atoms with van der Waals surface area (Å²) in [4.78, 5) is 28.5. The summed E-state index contributed by atoms with van der Waals surface area (Å²) in [6.45, 7) is 5.27. The zero-order valence-electron chi connectivity index (χ0n) is 18.9. The third-order valence-corrected chi connectivity index (χ3v) is 7.51. The monoisotopic (exact) mass is 427 g/mol. The second-order valence-corrected chi connectivity index (χ2v) is 9.41. The van der Waals surface area contributed by atoms with Gasteiger partial charge >= 0.3 is 12.0 Å². The highest BCUT2D eigenvalue weighted by atomic mass is 16.5. The third kappa shape index (κ3) is 4.89. The van der Waals surface area contributed by atoms with Crippen LogP contribution in [0.3, 0.4) is 0 Å². The van der Waals surface area contributed by atoms with E-state index in [2.05, 4.69) is 40.5 Å². The Kier molecular flexibility index (Phi) is 7.16. The van der Waals surface area contributed by atoms with Crippen LogP contribution in [0.4, 0.5) is 4.79 Å². The molecule has 6 heteroatoms. The molecule has 2 heterocycles. The highest BCUT2D eigenvalue weighted by Crippen LogP contribution is 2.58. The van der Waals surface area contributed by atoms with Gasteiger partial charge in [-0.2, -0.15) is 0 Å². The van der Waals surface area contributed by atoms with E-state index >= 15 is 0 Å². The molecular formula is C25H37N3O3. The molecule has 1 spiro atoms. The lowest BCUT2D eigenvalue weighted by Gasteiger charge is -2.63. The fraction of sp³-hybridized carbons (Fsp3) is 0.680. The quantitative estimate of drug-likeness (QED) is 0.694. The molecule has 6 nitrogen and oxygen atoms in total. The molecule has 2 amide bonds. The first-order valence-electron chi connectivity index (χ1n) is 12.1. The van der Waals surface area contributed by atoms with Crippen molar-refractivity contribution in [1.29, 1.82) is 0 Å². The van der Waals surface area contributed by atoms with E-state index in [4.69, 9.17) is 4.74 Å². The molecule has 2 aliphatic heterocycles. The molecule has 170 valence electrons. The van der Waals surface area contributed by atoms with E-state index in [9.17, 15) is 9.59 Å². The lowest BCUT2D eigenvalue weighted by atomic mass is 9.60. The highest BCUT2D eigenvalue weighted by molar-refractivity contribution is 5.75. The van der Waals surface area contributed by atoms with Crippen LogP contribution >= 0.6 is 0 Å². The molecule has 1 atom stereocenters. The molecular weight excluding hydrogens is 390 g/mol. The first-order valence-corrected chi connectivity index (χ1v) is 12.1. The molecule has 3 aliphatic rings. The summed E-state index contributed by atoms with van der Waals surface area (Å²) in [5.74, 6) is -0.261. The van der Waals surface area contributed by atoms with E-state index in [1.165, 1.54) is 44.2 Å². The molecule has 0 aromatic heterocycles. The van der Waals surface area contributed by atoms with Gasteiger partial charge in [-0.1, -0.05) is 49.6 Å². The summed E-state index contributed by atoms with van der Waals surface area (Å²) in [6, 6.07) is 12.1. The second kappa shape index (κ2) is 10.0. The Morgan fingerprint density at radius 1 is 1.10 bits per heavy atom. The minimum absolute atomic E-state index is 0.0604. The van der Waals surface area contributed by atoms with Crippen molar-refractivity contribution in [2.45, 2.75) is 70.4 Å². The van der Waals surface area contributed by atoms with Gasteiger partial charge in [0.05, 0.1) is 13.0 Å². The van der Waals surface area contributed by atoms with Crippen molar-refractivity contribution in [2.75, 3.05) is 32.8 Å². The van der Waals surface area contributed by atoms with Gasteiger partial charge in [0.25, 0.3) is 0 Å². The number of hydrogen-bond acceptors (Lipinski definition) is 4. The van der Waals surface area contributed by atoms with Gasteiger partial charge in [-0.25, -0.2) is 4.79 Å². The number of piperidine rings is 1. The van der Waals surface area contributed by atoms with Gasteiger partial charge in [-0.05, 0) is 38.2 Å². The van der Waals surface area contributed by atoms with Crippen molar-refractivity contribution >= 4 is 12.0 Å². The molecule has 1 unspecified atom stereocenters. The highest BCUT2D eigenvalue weighted by Gasteiger charge is 2.54. The smallest absolute Gasteiger partial charge is 0.317 e. The van der Waals surface area contributed by atoms with Crippen molar-refractivity contribution < 1.29 is 14.3 Å². The largest absolute Gasteiger partial charge is 0.466 e. The van der Waals surface area contributed by atoms with Crippen LogP contribution < -0.4 is 5.32 Å². The number of nitrogens with zero attached hydrogens (tertiary/aromatic N) is 2. The van der Waals surface area contributed by atoms with Gasteiger partial charge in [0.1, 0.15) is 0 Å².